The summed E-state index contributed by atoms with van der Waals surface area (Å²) in [6.07, 6.45) is 0. The number of ether oxygens (including phenoxy) is 3. The average molecular weight is 294 g/mol. The first-order chi connectivity index (χ1) is 9.96. The van der Waals surface area contributed by atoms with Crippen LogP contribution in [0.15, 0.2) is 18.2 Å². The van der Waals surface area contributed by atoms with Gasteiger partial charge >= 0.3 is 5.97 Å². The quantitative estimate of drug-likeness (QED) is 0.571. The van der Waals surface area contributed by atoms with Crippen LogP contribution in [0.4, 0.5) is 0 Å². The van der Waals surface area contributed by atoms with E-state index in [0.717, 1.165) is 5.56 Å². The van der Waals surface area contributed by atoms with Crippen molar-refractivity contribution >= 4 is 11.8 Å². The van der Waals surface area contributed by atoms with Gasteiger partial charge in [-0.2, -0.15) is 0 Å². The van der Waals surface area contributed by atoms with Gasteiger partial charge in [-0.15, -0.1) is 0 Å². The molecule has 0 heterocycles. The number of methoxy groups -OCH3 is 2. The van der Waals surface area contributed by atoms with Gasteiger partial charge in [0.1, 0.15) is 11.7 Å². The topological polar surface area (TPSA) is 61.8 Å². The predicted octanol–water partition coefficient (Wildman–Crippen LogP) is 2.58. The zero-order valence-corrected chi connectivity index (χ0v) is 13.1. The minimum Gasteiger partial charge on any atom is -0.493 e. The van der Waals surface area contributed by atoms with Gasteiger partial charge in [-0.25, -0.2) is 0 Å². The Labute approximate surface area is 125 Å². The molecule has 0 aromatic heterocycles. The molecule has 0 radical (unpaired) electrons. The number of Topliss-reactive ketones (excluding diaryl/α,β-unsaturated/α-hetero) is 1. The molecule has 0 N–H and O–H groups in total. The van der Waals surface area contributed by atoms with Gasteiger partial charge in [0.25, 0.3) is 0 Å². The summed E-state index contributed by atoms with van der Waals surface area (Å²) in [7, 11) is 3.10. The molecule has 0 spiro atoms. The van der Waals surface area contributed by atoms with Gasteiger partial charge in [-0.3, -0.25) is 9.59 Å². The Morgan fingerprint density at radius 1 is 1.14 bits per heavy atom. The molecule has 0 aliphatic heterocycles. The molecule has 0 saturated carbocycles. The maximum Gasteiger partial charge on any atom is 0.317 e. The molecule has 2 atom stereocenters. The number of ketones is 1. The van der Waals surface area contributed by atoms with Crippen LogP contribution >= 0.6 is 0 Å². The van der Waals surface area contributed by atoms with E-state index < -0.39 is 11.9 Å². The molecule has 0 fully saturated rings. The van der Waals surface area contributed by atoms with Gasteiger partial charge in [0.15, 0.2) is 11.5 Å². The van der Waals surface area contributed by atoms with E-state index in [0.29, 0.717) is 11.5 Å². The minimum absolute atomic E-state index is 0.212. The molecule has 5 nitrogen and oxygen atoms in total. The van der Waals surface area contributed by atoms with Crippen molar-refractivity contribution in [2.24, 2.45) is 5.92 Å². The normalized spacial score (nSPS) is 13.2. The number of esters is 1. The largest absolute Gasteiger partial charge is 0.493 e. The summed E-state index contributed by atoms with van der Waals surface area (Å²) in [4.78, 5) is 23.8. The number of hydrogen-bond donors (Lipinski definition) is 0. The molecule has 0 aliphatic rings. The van der Waals surface area contributed by atoms with Gasteiger partial charge in [0, 0.05) is 5.92 Å². The monoisotopic (exact) mass is 294 g/mol. The highest BCUT2D eigenvalue weighted by atomic mass is 16.5. The standard InChI is InChI=1S/C16H22O5/c1-6-21-16(18)15(11(3)17)10(2)12-7-8-13(19-4)14(9-12)20-5/h7-10,15H,6H2,1-5H3. The third kappa shape index (κ3) is 3.97. The van der Waals surface area contributed by atoms with Crippen LogP contribution in [0.2, 0.25) is 0 Å². The van der Waals surface area contributed by atoms with E-state index in [-0.39, 0.29) is 18.3 Å². The lowest BCUT2D eigenvalue weighted by atomic mass is 9.85. The second-order valence-electron chi connectivity index (χ2n) is 4.74. The van der Waals surface area contributed by atoms with Crippen molar-refractivity contribution in [2.75, 3.05) is 20.8 Å². The fraction of sp³-hybridized carbons (Fsp3) is 0.500. The zero-order chi connectivity index (χ0) is 16.0. The molecule has 1 aromatic carbocycles. The molecule has 116 valence electrons. The Hall–Kier alpha value is -2.04. The van der Waals surface area contributed by atoms with E-state index in [1.54, 1.807) is 33.3 Å². The molecular weight excluding hydrogens is 272 g/mol. The lowest BCUT2D eigenvalue weighted by Gasteiger charge is -2.21. The predicted molar refractivity (Wildman–Crippen MR) is 78.8 cm³/mol. The summed E-state index contributed by atoms with van der Waals surface area (Å²) in [6, 6.07) is 5.35. The van der Waals surface area contributed by atoms with Crippen molar-refractivity contribution in [1.82, 2.24) is 0 Å². The number of carbonyl (C=O) groups excluding carboxylic acids is 2. The van der Waals surface area contributed by atoms with Gasteiger partial charge in [-0.05, 0) is 31.5 Å². The molecule has 5 heteroatoms. The van der Waals surface area contributed by atoms with E-state index in [1.807, 2.05) is 13.0 Å². The second-order valence-corrected chi connectivity index (χ2v) is 4.74. The van der Waals surface area contributed by atoms with Gasteiger partial charge < -0.3 is 14.2 Å². The summed E-state index contributed by atoms with van der Waals surface area (Å²) in [5, 5.41) is 0. The Balaban J connectivity index is 3.12. The molecule has 1 aromatic rings. The number of benzene rings is 1. The third-order valence-corrected chi connectivity index (χ3v) is 3.41. The number of hydrogen-bond acceptors (Lipinski definition) is 5. The fourth-order valence-corrected chi connectivity index (χ4v) is 2.28. The van der Waals surface area contributed by atoms with Crippen molar-refractivity contribution in [3.05, 3.63) is 23.8 Å². The lowest BCUT2D eigenvalue weighted by Crippen LogP contribution is -2.29. The highest BCUT2D eigenvalue weighted by Gasteiger charge is 2.32. The van der Waals surface area contributed by atoms with Crippen LogP contribution in [0.3, 0.4) is 0 Å². The van der Waals surface area contributed by atoms with Gasteiger partial charge in [0.05, 0.1) is 20.8 Å². The summed E-state index contributed by atoms with van der Waals surface area (Å²) in [5.41, 5.74) is 0.820. The minimum atomic E-state index is -0.817. The summed E-state index contributed by atoms with van der Waals surface area (Å²) < 4.78 is 15.4. The summed E-state index contributed by atoms with van der Waals surface area (Å²) in [5.74, 6) is -0.663. The third-order valence-electron chi connectivity index (χ3n) is 3.41. The van der Waals surface area contributed by atoms with E-state index in [2.05, 4.69) is 0 Å². The molecule has 0 amide bonds. The lowest BCUT2D eigenvalue weighted by molar-refractivity contribution is -0.151. The molecule has 21 heavy (non-hydrogen) atoms. The highest BCUT2D eigenvalue weighted by Crippen LogP contribution is 2.34. The Bertz CT molecular complexity index is 509. The Kier molecular flexibility index (Phi) is 6.21. The molecular formula is C16H22O5. The van der Waals surface area contributed by atoms with Crippen LogP contribution < -0.4 is 9.47 Å². The molecule has 0 bridgehead atoms. The SMILES string of the molecule is CCOC(=O)C(C(C)=O)C(C)c1ccc(OC)c(OC)c1. The zero-order valence-electron chi connectivity index (χ0n) is 13.1. The highest BCUT2D eigenvalue weighted by molar-refractivity contribution is 5.98. The van der Waals surface area contributed by atoms with Crippen molar-refractivity contribution in [1.29, 1.82) is 0 Å². The molecule has 0 aliphatic carbocycles. The number of rotatable bonds is 7. The first-order valence-electron chi connectivity index (χ1n) is 6.85. The maximum absolute atomic E-state index is 12.0. The van der Waals surface area contributed by atoms with Crippen molar-refractivity contribution < 1.29 is 23.8 Å². The van der Waals surface area contributed by atoms with Crippen molar-refractivity contribution in [2.45, 2.75) is 26.7 Å². The van der Waals surface area contributed by atoms with Crippen LogP contribution in [-0.4, -0.2) is 32.6 Å². The first-order valence-corrected chi connectivity index (χ1v) is 6.85. The Morgan fingerprint density at radius 2 is 1.76 bits per heavy atom. The molecule has 2 unspecified atom stereocenters. The van der Waals surface area contributed by atoms with Crippen molar-refractivity contribution in [3.8, 4) is 11.5 Å². The van der Waals surface area contributed by atoms with Crippen LogP contribution in [0, 0.1) is 5.92 Å². The van der Waals surface area contributed by atoms with Crippen molar-refractivity contribution in [3.63, 3.8) is 0 Å². The first kappa shape index (κ1) is 17.0. The second kappa shape index (κ2) is 7.67. The average Bonchev–Trinajstić information content (AvgIpc) is 2.46. The van der Waals surface area contributed by atoms with E-state index >= 15 is 0 Å². The van der Waals surface area contributed by atoms with Crippen LogP contribution in [0.25, 0.3) is 0 Å². The van der Waals surface area contributed by atoms with Crippen LogP contribution in [0.5, 0.6) is 11.5 Å². The van der Waals surface area contributed by atoms with E-state index in [9.17, 15) is 9.59 Å². The smallest absolute Gasteiger partial charge is 0.317 e. The van der Waals surface area contributed by atoms with E-state index in [1.165, 1.54) is 6.92 Å². The Morgan fingerprint density at radius 3 is 2.24 bits per heavy atom. The summed E-state index contributed by atoms with van der Waals surface area (Å²) >= 11 is 0. The maximum atomic E-state index is 12.0. The molecule has 1 rings (SSSR count). The van der Waals surface area contributed by atoms with Gasteiger partial charge in [-0.1, -0.05) is 13.0 Å². The fourth-order valence-electron chi connectivity index (χ4n) is 2.28. The van der Waals surface area contributed by atoms with Crippen LogP contribution in [0.1, 0.15) is 32.3 Å². The number of carbonyl (C=O) groups is 2. The van der Waals surface area contributed by atoms with Crippen LogP contribution in [-0.2, 0) is 14.3 Å². The van der Waals surface area contributed by atoms with Gasteiger partial charge in [0.2, 0.25) is 0 Å². The summed E-state index contributed by atoms with van der Waals surface area (Å²) in [6.45, 7) is 5.19. The molecule has 0 saturated heterocycles. The van der Waals surface area contributed by atoms with E-state index in [4.69, 9.17) is 14.2 Å².